The van der Waals surface area contributed by atoms with Crippen LogP contribution in [-0.4, -0.2) is 23.9 Å². The summed E-state index contributed by atoms with van der Waals surface area (Å²) >= 11 is 7.64. The van der Waals surface area contributed by atoms with Crippen molar-refractivity contribution >= 4 is 34.5 Å². The molecule has 1 atom stereocenters. The quantitative estimate of drug-likeness (QED) is 0.907. The van der Waals surface area contributed by atoms with E-state index in [4.69, 9.17) is 16.9 Å². The van der Waals surface area contributed by atoms with Gasteiger partial charge >= 0.3 is 0 Å². The van der Waals surface area contributed by atoms with Crippen LogP contribution in [0.25, 0.3) is 0 Å². The maximum Gasteiger partial charge on any atom is 0.241 e. The third-order valence-electron chi connectivity index (χ3n) is 3.38. The first-order valence-corrected chi connectivity index (χ1v) is 8.00. The average molecular weight is 334 g/mol. The van der Waals surface area contributed by atoms with Crippen LogP contribution < -0.4 is 5.32 Å². The minimum Gasteiger partial charge on any atom is -0.325 e. The van der Waals surface area contributed by atoms with Crippen LogP contribution in [-0.2, 0) is 11.3 Å². The summed E-state index contributed by atoms with van der Waals surface area (Å²) in [6, 6.07) is 10.6. The van der Waals surface area contributed by atoms with E-state index >= 15 is 0 Å². The molecule has 0 unspecified atom stereocenters. The molecule has 1 amide bonds. The van der Waals surface area contributed by atoms with Gasteiger partial charge in [0, 0.05) is 17.1 Å². The number of halogens is 1. The fraction of sp³-hybridized carbons (Fsp3) is 0.250. The second kappa shape index (κ2) is 7.41. The molecule has 0 fully saturated rings. The maximum atomic E-state index is 12.3. The van der Waals surface area contributed by atoms with Gasteiger partial charge in [-0.25, -0.2) is 0 Å². The van der Waals surface area contributed by atoms with Crippen molar-refractivity contribution in [3.63, 3.8) is 0 Å². The Balaban J connectivity index is 1.99. The normalized spacial score (nSPS) is 12.0. The lowest BCUT2D eigenvalue weighted by Crippen LogP contribution is -2.39. The van der Waals surface area contributed by atoms with Gasteiger partial charge in [-0.15, -0.1) is 11.3 Å². The van der Waals surface area contributed by atoms with E-state index in [9.17, 15) is 4.79 Å². The van der Waals surface area contributed by atoms with Gasteiger partial charge < -0.3 is 5.32 Å². The summed E-state index contributed by atoms with van der Waals surface area (Å²) in [5.41, 5.74) is 0.980. The van der Waals surface area contributed by atoms with Gasteiger partial charge in [-0.2, -0.15) is 5.26 Å². The zero-order valence-corrected chi connectivity index (χ0v) is 13.9. The first-order chi connectivity index (χ1) is 10.5. The Labute approximate surface area is 138 Å². The molecule has 2 aromatic rings. The molecule has 1 aromatic carbocycles. The van der Waals surface area contributed by atoms with E-state index in [2.05, 4.69) is 5.32 Å². The van der Waals surface area contributed by atoms with Crippen molar-refractivity contribution in [2.24, 2.45) is 0 Å². The molecule has 1 aromatic heterocycles. The highest BCUT2D eigenvalue weighted by Crippen LogP contribution is 2.20. The SMILES string of the molecule is C[C@H](C(=O)Nc1ccc(C#N)c(Cl)c1)N(C)Cc1cccs1. The van der Waals surface area contributed by atoms with Crippen LogP contribution in [0.4, 0.5) is 5.69 Å². The third kappa shape index (κ3) is 4.08. The van der Waals surface area contributed by atoms with Gasteiger partial charge in [0.25, 0.3) is 0 Å². The molecule has 1 heterocycles. The van der Waals surface area contributed by atoms with E-state index in [1.54, 1.807) is 29.5 Å². The van der Waals surface area contributed by atoms with E-state index in [-0.39, 0.29) is 11.9 Å². The van der Waals surface area contributed by atoms with Crippen molar-refractivity contribution in [3.05, 3.63) is 51.2 Å². The molecule has 0 bridgehead atoms. The van der Waals surface area contributed by atoms with Gasteiger partial charge in [-0.05, 0) is 43.6 Å². The van der Waals surface area contributed by atoms with Crippen LogP contribution in [0.5, 0.6) is 0 Å². The summed E-state index contributed by atoms with van der Waals surface area (Å²) < 4.78 is 0. The van der Waals surface area contributed by atoms with Crippen molar-refractivity contribution in [3.8, 4) is 6.07 Å². The van der Waals surface area contributed by atoms with Gasteiger partial charge in [0.1, 0.15) is 6.07 Å². The van der Waals surface area contributed by atoms with Crippen molar-refractivity contribution in [1.29, 1.82) is 5.26 Å². The highest BCUT2D eigenvalue weighted by molar-refractivity contribution is 7.09. The van der Waals surface area contributed by atoms with E-state index in [0.29, 0.717) is 16.3 Å². The zero-order valence-electron chi connectivity index (χ0n) is 12.3. The third-order valence-corrected chi connectivity index (χ3v) is 4.56. The Hall–Kier alpha value is -1.87. The Morgan fingerprint density at radius 2 is 2.27 bits per heavy atom. The Morgan fingerprint density at radius 1 is 1.50 bits per heavy atom. The summed E-state index contributed by atoms with van der Waals surface area (Å²) in [7, 11) is 1.91. The number of nitrogens with zero attached hydrogens (tertiary/aromatic N) is 2. The monoisotopic (exact) mass is 333 g/mol. The second-order valence-electron chi connectivity index (χ2n) is 4.97. The molecular formula is C16H16ClN3OS. The predicted octanol–water partition coefficient (Wildman–Crippen LogP) is 3.73. The van der Waals surface area contributed by atoms with Crippen molar-refractivity contribution in [2.75, 3.05) is 12.4 Å². The Kier molecular flexibility index (Phi) is 5.56. The molecular weight excluding hydrogens is 318 g/mol. The lowest BCUT2D eigenvalue weighted by atomic mass is 10.2. The molecule has 0 spiro atoms. The maximum absolute atomic E-state index is 12.3. The number of thiophene rings is 1. The molecule has 0 aliphatic rings. The highest BCUT2D eigenvalue weighted by Gasteiger charge is 2.18. The second-order valence-corrected chi connectivity index (χ2v) is 6.41. The molecule has 1 N–H and O–H groups in total. The van der Waals surface area contributed by atoms with Crippen LogP contribution in [0.3, 0.4) is 0 Å². The van der Waals surface area contributed by atoms with Crippen molar-refractivity contribution < 1.29 is 4.79 Å². The Morgan fingerprint density at radius 3 is 2.86 bits per heavy atom. The smallest absolute Gasteiger partial charge is 0.241 e. The number of likely N-dealkylation sites (N-methyl/N-ethyl adjacent to an activating group) is 1. The van der Waals surface area contributed by atoms with Gasteiger partial charge in [-0.3, -0.25) is 9.69 Å². The van der Waals surface area contributed by atoms with E-state index in [1.165, 1.54) is 4.88 Å². The van der Waals surface area contributed by atoms with Gasteiger partial charge in [-0.1, -0.05) is 17.7 Å². The highest BCUT2D eigenvalue weighted by atomic mass is 35.5. The first-order valence-electron chi connectivity index (χ1n) is 6.74. The topological polar surface area (TPSA) is 56.1 Å². The van der Waals surface area contributed by atoms with Crippen LogP contribution in [0.1, 0.15) is 17.4 Å². The number of hydrogen-bond donors (Lipinski definition) is 1. The number of rotatable bonds is 5. The molecule has 0 radical (unpaired) electrons. The summed E-state index contributed by atoms with van der Waals surface area (Å²) in [6.07, 6.45) is 0. The number of carbonyl (C=O) groups is 1. The van der Waals surface area contributed by atoms with Crippen LogP contribution in [0, 0.1) is 11.3 Å². The summed E-state index contributed by atoms with van der Waals surface area (Å²) in [5, 5.41) is 14.0. The number of nitrogens with one attached hydrogen (secondary N) is 1. The average Bonchev–Trinajstić information content (AvgIpc) is 2.99. The fourth-order valence-electron chi connectivity index (χ4n) is 1.92. The summed E-state index contributed by atoms with van der Waals surface area (Å²) in [5.74, 6) is -0.111. The van der Waals surface area contributed by atoms with E-state index in [0.717, 1.165) is 6.54 Å². The molecule has 4 nitrogen and oxygen atoms in total. The fourth-order valence-corrected chi connectivity index (χ4v) is 2.91. The largest absolute Gasteiger partial charge is 0.325 e. The number of nitriles is 1. The number of carbonyl (C=O) groups excluding carboxylic acids is 1. The van der Waals surface area contributed by atoms with E-state index < -0.39 is 0 Å². The van der Waals surface area contributed by atoms with Crippen LogP contribution in [0.2, 0.25) is 5.02 Å². The van der Waals surface area contributed by atoms with E-state index in [1.807, 2.05) is 42.5 Å². The summed E-state index contributed by atoms with van der Waals surface area (Å²) in [6.45, 7) is 2.58. The lowest BCUT2D eigenvalue weighted by Gasteiger charge is -2.23. The number of hydrogen-bond acceptors (Lipinski definition) is 4. The molecule has 114 valence electrons. The molecule has 0 aliphatic heterocycles. The van der Waals surface area contributed by atoms with Crippen LogP contribution >= 0.6 is 22.9 Å². The number of anilines is 1. The van der Waals surface area contributed by atoms with Gasteiger partial charge in [0.15, 0.2) is 0 Å². The van der Waals surface area contributed by atoms with Gasteiger partial charge in [0.05, 0.1) is 16.6 Å². The standard InChI is InChI=1S/C16H16ClN3OS/c1-11(20(2)10-14-4-3-7-22-14)16(21)19-13-6-5-12(9-18)15(17)8-13/h3-8,11H,10H2,1-2H3,(H,19,21)/t11-/m1/s1. The van der Waals surface area contributed by atoms with Crippen molar-refractivity contribution in [1.82, 2.24) is 4.90 Å². The minimum atomic E-state index is -0.281. The molecule has 22 heavy (non-hydrogen) atoms. The van der Waals surface area contributed by atoms with Gasteiger partial charge in [0.2, 0.25) is 5.91 Å². The number of benzene rings is 1. The van der Waals surface area contributed by atoms with Crippen LogP contribution in [0.15, 0.2) is 35.7 Å². The molecule has 0 saturated heterocycles. The molecule has 6 heteroatoms. The first kappa shape index (κ1) is 16.5. The predicted molar refractivity (Wildman–Crippen MR) is 90.0 cm³/mol. The molecule has 0 aliphatic carbocycles. The van der Waals surface area contributed by atoms with Crippen molar-refractivity contribution in [2.45, 2.75) is 19.5 Å². The lowest BCUT2D eigenvalue weighted by molar-refractivity contribution is -0.120. The Bertz CT molecular complexity index is 694. The molecule has 2 rings (SSSR count). The molecule has 0 saturated carbocycles. The summed E-state index contributed by atoms with van der Waals surface area (Å²) in [4.78, 5) is 15.5. The zero-order chi connectivity index (χ0) is 16.1. The minimum absolute atomic E-state index is 0.111. The number of amides is 1.